The average Bonchev–Trinajstić information content (AvgIpc) is 2.80. The van der Waals surface area contributed by atoms with Crippen molar-refractivity contribution in [2.75, 3.05) is 19.0 Å². The molecule has 7 N–H and O–H groups in total. The van der Waals surface area contributed by atoms with Crippen molar-refractivity contribution in [1.82, 2.24) is 5.32 Å². The lowest BCUT2D eigenvalue weighted by Crippen LogP contribution is -2.62. The molecule has 0 radical (unpaired) electrons. The van der Waals surface area contributed by atoms with E-state index in [1.54, 1.807) is 38.9 Å². The van der Waals surface area contributed by atoms with Crippen molar-refractivity contribution in [3.8, 4) is 5.75 Å². The summed E-state index contributed by atoms with van der Waals surface area (Å²) in [5, 5.41) is 47.8. The lowest BCUT2D eigenvalue weighted by atomic mass is 9.54. The lowest BCUT2D eigenvalue weighted by molar-refractivity contribution is -0.155. The molecule has 204 valence electrons. The Hall–Kier alpha value is -3.86. The first-order chi connectivity index (χ1) is 17.6. The minimum absolute atomic E-state index is 0.0101. The molecule has 0 heterocycles. The second kappa shape index (κ2) is 9.16. The van der Waals surface area contributed by atoms with E-state index in [4.69, 9.17) is 5.73 Å². The SMILES string of the molecule is CC(=O)NCc1cc(N(C)C)c2c(c1O)C(O)=C1C(=O)[C@]3(O)C(O)=C(C(N)=O)C(=O)[C@@H](C(C)C)[C@@H]3C[C@@H]1C2. The topological polar surface area (TPSA) is 190 Å². The monoisotopic (exact) mass is 527 g/mol. The molecular weight excluding hydrogens is 494 g/mol. The second-order valence-electron chi connectivity index (χ2n) is 10.9. The van der Waals surface area contributed by atoms with Gasteiger partial charge >= 0.3 is 0 Å². The van der Waals surface area contributed by atoms with Crippen LogP contribution in [0.4, 0.5) is 5.69 Å². The first kappa shape index (κ1) is 27.2. The smallest absolute Gasteiger partial charge is 0.255 e. The van der Waals surface area contributed by atoms with E-state index in [-0.39, 0.29) is 42.2 Å². The number of fused-ring (bicyclic) bond motifs is 3. The standard InChI is InChI=1S/C27H33N3O8/c1-10(2)17-15-7-12-6-14-16(30(4)5)8-13(9-29-11(3)31)21(32)19(14)23(34)18(12)24(35)27(15,38)25(36)20(22(17)33)26(28)37/h8,10,12,15,17,32,34,36,38H,6-7,9H2,1-5H3,(H2,28,37)(H,29,31)/t12-,15-,17-,27-/m0/s1. The molecule has 11 heteroatoms. The van der Waals surface area contributed by atoms with Crippen LogP contribution in [0, 0.1) is 23.7 Å². The number of aromatic hydroxyl groups is 1. The van der Waals surface area contributed by atoms with Gasteiger partial charge < -0.3 is 36.4 Å². The zero-order chi connectivity index (χ0) is 28.4. The third kappa shape index (κ3) is 3.75. The van der Waals surface area contributed by atoms with Crippen molar-refractivity contribution in [1.29, 1.82) is 0 Å². The summed E-state index contributed by atoms with van der Waals surface area (Å²) < 4.78 is 0. The number of anilines is 1. The predicted octanol–water partition coefficient (Wildman–Crippen LogP) is 1.01. The molecule has 0 bridgehead atoms. The molecule has 0 spiro atoms. The summed E-state index contributed by atoms with van der Waals surface area (Å²) >= 11 is 0. The lowest BCUT2D eigenvalue weighted by Gasteiger charge is -2.50. The van der Waals surface area contributed by atoms with Crippen LogP contribution in [0.15, 0.2) is 23.0 Å². The molecule has 0 aliphatic heterocycles. The molecular formula is C27H33N3O8. The Labute approximate surface area is 219 Å². The Kier molecular flexibility index (Phi) is 6.55. The molecule has 0 unspecified atom stereocenters. The normalized spacial score (nSPS) is 26.7. The maximum Gasteiger partial charge on any atom is 0.255 e. The molecule has 0 aromatic heterocycles. The summed E-state index contributed by atoms with van der Waals surface area (Å²) in [6, 6.07) is 1.69. The number of nitrogens with one attached hydrogen (secondary N) is 1. The van der Waals surface area contributed by atoms with E-state index in [0.717, 1.165) is 0 Å². The number of aliphatic hydroxyl groups is 3. The van der Waals surface area contributed by atoms with Gasteiger partial charge in [0.15, 0.2) is 11.4 Å². The zero-order valence-electron chi connectivity index (χ0n) is 22.0. The van der Waals surface area contributed by atoms with Gasteiger partial charge in [-0.3, -0.25) is 19.2 Å². The predicted molar refractivity (Wildman–Crippen MR) is 137 cm³/mol. The number of phenolic OH excluding ortho intramolecular Hbond substituents is 1. The highest BCUT2D eigenvalue weighted by atomic mass is 16.3. The van der Waals surface area contributed by atoms with Crippen LogP contribution in [0.5, 0.6) is 5.75 Å². The number of rotatable bonds is 5. The first-order valence-corrected chi connectivity index (χ1v) is 12.4. The number of ketones is 2. The Morgan fingerprint density at radius 1 is 1.21 bits per heavy atom. The van der Waals surface area contributed by atoms with Gasteiger partial charge in [0.25, 0.3) is 5.91 Å². The molecule has 1 aromatic carbocycles. The van der Waals surface area contributed by atoms with Gasteiger partial charge in [-0.15, -0.1) is 0 Å². The van der Waals surface area contributed by atoms with Crippen molar-refractivity contribution < 1.29 is 39.6 Å². The van der Waals surface area contributed by atoms with E-state index < -0.39 is 63.8 Å². The minimum Gasteiger partial charge on any atom is -0.508 e. The third-order valence-electron chi connectivity index (χ3n) is 8.03. The number of Topliss-reactive ketones (excluding diaryl/α,β-unsaturated/α-hetero) is 2. The molecule has 2 amide bonds. The van der Waals surface area contributed by atoms with Gasteiger partial charge in [-0.2, -0.15) is 0 Å². The van der Waals surface area contributed by atoms with Gasteiger partial charge in [-0.1, -0.05) is 13.8 Å². The minimum atomic E-state index is -2.65. The number of nitrogens with two attached hydrogens (primary N) is 1. The number of carbonyl (C=O) groups excluding carboxylic acids is 4. The Morgan fingerprint density at radius 3 is 2.37 bits per heavy atom. The Bertz CT molecular complexity index is 1340. The quantitative estimate of drug-likeness (QED) is 0.303. The van der Waals surface area contributed by atoms with E-state index in [0.29, 0.717) is 16.8 Å². The summed E-state index contributed by atoms with van der Waals surface area (Å²) in [6.45, 7) is 4.72. The van der Waals surface area contributed by atoms with Gasteiger partial charge in [0, 0.05) is 56.2 Å². The zero-order valence-corrected chi connectivity index (χ0v) is 22.0. The van der Waals surface area contributed by atoms with Crippen molar-refractivity contribution in [2.24, 2.45) is 29.4 Å². The number of hydrogen-bond acceptors (Lipinski definition) is 9. The van der Waals surface area contributed by atoms with Crippen molar-refractivity contribution >= 4 is 34.8 Å². The summed E-state index contributed by atoms with van der Waals surface area (Å²) in [7, 11) is 3.55. The largest absolute Gasteiger partial charge is 0.508 e. The molecule has 0 saturated heterocycles. The van der Waals surface area contributed by atoms with Gasteiger partial charge in [0.05, 0.1) is 5.56 Å². The van der Waals surface area contributed by atoms with Crippen molar-refractivity contribution in [3.63, 3.8) is 0 Å². The second-order valence-corrected chi connectivity index (χ2v) is 10.9. The molecule has 1 fully saturated rings. The molecule has 3 aliphatic rings. The van der Waals surface area contributed by atoms with Gasteiger partial charge in [0.1, 0.15) is 22.8 Å². The van der Waals surface area contributed by atoms with E-state index in [2.05, 4.69) is 5.32 Å². The highest BCUT2D eigenvalue weighted by molar-refractivity contribution is 6.23. The fourth-order valence-corrected chi connectivity index (χ4v) is 6.34. The number of phenols is 1. The highest BCUT2D eigenvalue weighted by Gasteiger charge is 2.64. The third-order valence-corrected chi connectivity index (χ3v) is 8.03. The maximum atomic E-state index is 13.9. The van der Waals surface area contributed by atoms with E-state index in [1.807, 2.05) is 0 Å². The van der Waals surface area contributed by atoms with Gasteiger partial charge in [-0.25, -0.2) is 0 Å². The number of nitrogens with zero attached hydrogens (tertiary/aromatic N) is 1. The Morgan fingerprint density at radius 2 is 1.84 bits per heavy atom. The molecule has 3 aliphatic carbocycles. The van der Waals surface area contributed by atoms with E-state index in [1.165, 1.54) is 6.92 Å². The highest BCUT2D eigenvalue weighted by Crippen LogP contribution is 2.55. The fraction of sp³-hybridized carbons (Fsp3) is 0.481. The van der Waals surface area contributed by atoms with E-state index >= 15 is 0 Å². The number of carbonyl (C=O) groups is 4. The van der Waals surface area contributed by atoms with Crippen molar-refractivity contribution in [3.05, 3.63) is 39.7 Å². The van der Waals surface area contributed by atoms with Crippen LogP contribution >= 0.6 is 0 Å². The van der Waals surface area contributed by atoms with Crippen LogP contribution < -0.4 is 16.0 Å². The molecule has 4 rings (SSSR count). The van der Waals surface area contributed by atoms with E-state index in [9.17, 15) is 39.6 Å². The summed E-state index contributed by atoms with van der Waals surface area (Å²) in [5.41, 5.74) is 3.18. The number of primary amides is 1. The molecule has 11 nitrogen and oxygen atoms in total. The number of benzene rings is 1. The fourth-order valence-electron chi connectivity index (χ4n) is 6.34. The molecule has 38 heavy (non-hydrogen) atoms. The molecule has 4 atom stereocenters. The van der Waals surface area contributed by atoms with Crippen molar-refractivity contribution in [2.45, 2.75) is 45.8 Å². The average molecular weight is 528 g/mol. The summed E-state index contributed by atoms with van der Waals surface area (Å²) in [4.78, 5) is 52.5. The summed E-state index contributed by atoms with van der Waals surface area (Å²) in [6.07, 6.45) is 0.244. The van der Waals surface area contributed by atoms with Crippen LogP contribution in [-0.4, -0.2) is 63.5 Å². The Balaban J connectivity index is 1.97. The van der Waals surface area contributed by atoms with Crippen LogP contribution in [0.2, 0.25) is 0 Å². The number of amides is 2. The maximum absolute atomic E-state index is 13.9. The van der Waals surface area contributed by atoms with Crippen LogP contribution in [0.1, 0.15) is 43.9 Å². The van der Waals surface area contributed by atoms with Gasteiger partial charge in [0.2, 0.25) is 11.7 Å². The number of aliphatic hydroxyl groups excluding tert-OH is 2. The van der Waals surface area contributed by atoms with Gasteiger partial charge in [-0.05, 0) is 36.3 Å². The molecule has 1 aromatic rings. The molecule has 1 saturated carbocycles. The van der Waals surface area contributed by atoms with Crippen LogP contribution in [0.3, 0.4) is 0 Å². The first-order valence-electron chi connectivity index (χ1n) is 12.4. The number of hydrogen-bond donors (Lipinski definition) is 6. The van der Waals surface area contributed by atoms with Crippen LogP contribution in [-0.2, 0) is 32.1 Å². The summed E-state index contributed by atoms with van der Waals surface area (Å²) in [5.74, 6) is -8.45. The van der Waals surface area contributed by atoms with Crippen LogP contribution in [0.25, 0.3) is 5.76 Å².